The molecule has 0 bridgehead atoms. The molecule has 0 saturated heterocycles. The summed E-state index contributed by atoms with van der Waals surface area (Å²) in [6.45, 7) is 13.1. The molecule has 0 N–H and O–H groups in total. The molecule has 0 rings (SSSR count). The Balaban J connectivity index is 0. The summed E-state index contributed by atoms with van der Waals surface area (Å²) in [5.41, 5.74) is 0. The first-order valence-electron chi connectivity index (χ1n) is 11.7. The Bertz CT molecular complexity index is 267. The third kappa shape index (κ3) is 25.7. The fourth-order valence-electron chi connectivity index (χ4n) is 3.51. The first-order valence-corrected chi connectivity index (χ1v) is 12.4. The Morgan fingerprint density at radius 1 is 0.556 bits per heavy atom. The highest BCUT2D eigenvalue weighted by Gasteiger charge is 2.00. The summed E-state index contributed by atoms with van der Waals surface area (Å²) in [6.07, 6.45) is 28.4. The zero-order valence-electron chi connectivity index (χ0n) is 18.8. The van der Waals surface area contributed by atoms with Crippen LogP contribution in [0.3, 0.4) is 0 Å². The summed E-state index contributed by atoms with van der Waals surface area (Å²) in [7, 11) is 0. The van der Waals surface area contributed by atoms with Crippen LogP contribution in [-0.2, 0) is 0 Å². The number of halogens is 1. The van der Waals surface area contributed by atoms with Crippen LogP contribution < -0.4 is 0 Å². The molecule has 1 nitrogen and oxygen atoms in total. The van der Waals surface area contributed by atoms with Gasteiger partial charge in [0.15, 0.2) is 0 Å². The Kier molecular flexibility index (Phi) is 29.9. The third-order valence-corrected chi connectivity index (χ3v) is 5.10. The van der Waals surface area contributed by atoms with Crippen molar-refractivity contribution in [2.24, 2.45) is 0 Å². The van der Waals surface area contributed by atoms with E-state index in [1.165, 1.54) is 116 Å². The molecular weight excluding hydrogens is 350 g/mol. The molecule has 0 aromatic carbocycles. The number of hydrogen-bond acceptors (Lipinski definition) is 1. The van der Waals surface area contributed by atoms with Gasteiger partial charge in [0.1, 0.15) is 0 Å². The number of unbranched alkanes of at least 4 members (excludes halogenated alkanes) is 15. The first kappa shape index (κ1) is 28.9. The van der Waals surface area contributed by atoms with Crippen LogP contribution in [-0.4, -0.2) is 30.9 Å². The number of rotatable bonds is 21. The molecule has 27 heavy (non-hydrogen) atoms. The normalized spacial score (nSPS) is 10.5. The van der Waals surface area contributed by atoms with Gasteiger partial charge in [0.2, 0.25) is 0 Å². The van der Waals surface area contributed by atoms with Gasteiger partial charge < -0.3 is 0 Å². The Morgan fingerprint density at radius 3 is 1.15 bits per heavy atom. The smallest absolute Gasteiger partial charge is 0.0163 e. The predicted octanol–water partition coefficient (Wildman–Crippen LogP) is 8.78. The van der Waals surface area contributed by atoms with E-state index >= 15 is 0 Å². The number of hydrogen-bond donors (Lipinski definition) is 0. The minimum Gasteiger partial charge on any atom is -0.296 e. The van der Waals surface area contributed by atoms with Crippen molar-refractivity contribution >= 4 is 11.6 Å². The number of nitrogens with zero attached hydrogens (tertiary/aromatic N) is 1. The van der Waals surface area contributed by atoms with Gasteiger partial charge in [0.05, 0.1) is 0 Å². The highest BCUT2D eigenvalue weighted by atomic mass is 35.5. The lowest BCUT2D eigenvalue weighted by Crippen LogP contribution is -2.24. The maximum atomic E-state index is 4.64. The molecule has 0 atom stereocenters. The molecule has 0 spiro atoms. The summed E-state index contributed by atoms with van der Waals surface area (Å²) in [6, 6.07) is 0. The van der Waals surface area contributed by atoms with Gasteiger partial charge in [-0.2, -0.15) is 0 Å². The Labute approximate surface area is 177 Å². The molecule has 0 aliphatic heterocycles. The van der Waals surface area contributed by atoms with Crippen molar-refractivity contribution in [2.45, 2.75) is 110 Å². The van der Waals surface area contributed by atoms with Gasteiger partial charge >= 0.3 is 0 Å². The van der Waals surface area contributed by atoms with E-state index in [0.29, 0.717) is 0 Å². The summed E-state index contributed by atoms with van der Waals surface area (Å²) in [5, 5.41) is 0. The van der Waals surface area contributed by atoms with Crippen molar-refractivity contribution in [3.05, 3.63) is 25.3 Å². The molecule has 2 heteroatoms. The van der Waals surface area contributed by atoms with Crippen molar-refractivity contribution in [3.8, 4) is 0 Å². The zero-order valence-corrected chi connectivity index (χ0v) is 19.6. The lowest BCUT2D eigenvalue weighted by molar-refractivity contribution is 0.324. The molecule has 162 valence electrons. The van der Waals surface area contributed by atoms with Crippen LogP contribution in [0, 0.1) is 0 Å². The zero-order chi connectivity index (χ0) is 20.4. The van der Waals surface area contributed by atoms with Gasteiger partial charge in [0, 0.05) is 19.5 Å². The molecule has 0 aliphatic rings. The summed E-state index contributed by atoms with van der Waals surface area (Å²) >= 11 is 4.64. The molecule has 0 aromatic rings. The van der Waals surface area contributed by atoms with Gasteiger partial charge in [-0.3, -0.25) is 4.90 Å². The van der Waals surface area contributed by atoms with Crippen LogP contribution in [0.5, 0.6) is 0 Å². The van der Waals surface area contributed by atoms with E-state index in [1.54, 1.807) is 0 Å². The number of alkyl halides is 1. The average Bonchev–Trinajstić information content (AvgIpc) is 2.69. The fourth-order valence-corrected chi connectivity index (χ4v) is 3.51. The largest absolute Gasteiger partial charge is 0.296 e. The van der Waals surface area contributed by atoms with Crippen molar-refractivity contribution in [2.75, 3.05) is 26.0 Å². The minimum absolute atomic E-state index is 0.991. The van der Waals surface area contributed by atoms with Gasteiger partial charge in [-0.25, -0.2) is 0 Å². The third-order valence-electron chi connectivity index (χ3n) is 5.10. The monoisotopic (exact) mass is 399 g/mol. The minimum atomic E-state index is 0.991. The molecule has 0 unspecified atom stereocenters. The van der Waals surface area contributed by atoms with Crippen LogP contribution in [0.1, 0.15) is 110 Å². The van der Waals surface area contributed by atoms with Gasteiger partial charge in [-0.1, -0.05) is 115 Å². The molecule has 0 amide bonds. The molecule has 0 heterocycles. The predicted molar refractivity (Wildman–Crippen MR) is 128 cm³/mol. The molecule has 0 radical (unpaired) electrons. The SMILES string of the molecule is C=CCN(CC=C)CCCCCCCCCCCCCCCCCC.CCl. The lowest BCUT2D eigenvalue weighted by atomic mass is 10.0. The average molecular weight is 400 g/mol. The van der Waals surface area contributed by atoms with Crippen molar-refractivity contribution in [3.63, 3.8) is 0 Å². The van der Waals surface area contributed by atoms with E-state index in [-0.39, 0.29) is 0 Å². The van der Waals surface area contributed by atoms with Gasteiger partial charge in [-0.15, -0.1) is 24.8 Å². The van der Waals surface area contributed by atoms with E-state index in [9.17, 15) is 0 Å². The summed E-state index contributed by atoms with van der Waals surface area (Å²) in [5.74, 6) is 0. The van der Waals surface area contributed by atoms with Crippen LogP contribution >= 0.6 is 11.6 Å². The van der Waals surface area contributed by atoms with Crippen molar-refractivity contribution in [1.82, 2.24) is 4.90 Å². The standard InChI is InChI=1S/C24H47N.CH3Cl/c1-4-7-8-9-10-11-12-13-14-15-16-17-18-19-20-21-24-25(22-5-2)23-6-3;1-2/h5-6H,2-4,7-24H2,1H3;1H3. The maximum absolute atomic E-state index is 4.64. The second-order valence-corrected chi connectivity index (χ2v) is 7.64. The first-order chi connectivity index (χ1) is 13.3. The summed E-state index contributed by atoms with van der Waals surface area (Å²) in [4.78, 5) is 2.42. The highest BCUT2D eigenvalue weighted by Crippen LogP contribution is 2.13. The second-order valence-electron chi connectivity index (χ2n) is 7.64. The second kappa shape index (κ2) is 27.9. The van der Waals surface area contributed by atoms with E-state index < -0.39 is 0 Å². The molecular formula is C25H50ClN. The summed E-state index contributed by atoms with van der Waals surface area (Å²) < 4.78 is 0. The Morgan fingerprint density at radius 2 is 0.852 bits per heavy atom. The molecule has 0 aromatic heterocycles. The Hall–Kier alpha value is -0.270. The fraction of sp³-hybridized carbons (Fsp3) is 0.840. The topological polar surface area (TPSA) is 3.24 Å². The van der Waals surface area contributed by atoms with E-state index in [4.69, 9.17) is 0 Å². The van der Waals surface area contributed by atoms with Crippen molar-refractivity contribution < 1.29 is 0 Å². The van der Waals surface area contributed by atoms with Crippen molar-refractivity contribution in [1.29, 1.82) is 0 Å². The van der Waals surface area contributed by atoms with Gasteiger partial charge in [-0.05, 0) is 13.0 Å². The molecule has 0 saturated carbocycles. The van der Waals surface area contributed by atoms with E-state index in [2.05, 4.69) is 36.6 Å². The maximum Gasteiger partial charge on any atom is 0.0163 e. The van der Waals surface area contributed by atoms with Crippen LogP contribution in [0.15, 0.2) is 25.3 Å². The van der Waals surface area contributed by atoms with Gasteiger partial charge in [0.25, 0.3) is 0 Å². The quantitative estimate of drug-likeness (QED) is 0.106. The van der Waals surface area contributed by atoms with E-state index in [0.717, 1.165) is 13.1 Å². The van der Waals surface area contributed by atoms with Crippen LogP contribution in [0.4, 0.5) is 0 Å². The highest BCUT2D eigenvalue weighted by molar-refractivity contribution is 6.15. The molecule has 0 aliphatic carbocycles. The molecule has 0 fully saturated rings. The van der Waals surface area contributed by atoms with E-state index in [1.807, 2.05) is 12.2 Å². The van der Waals surface area contributed by atoms with Crippen LogP contribution in [0.25, 0.3) is 0 Å². The lowest BCUT2D eigenvalue weighted by Gasteiger charge is -2.18. The van der Waals surface area contributed by atoms with Crippen LogP contribution in [0.2, 0.25) is 0 Å².